The molecule has 6 N–H and O–H groups in total. The van der Waals surface area contributed by atoms with Crippen molar-refractivity contribution in [3.8, 4) is 0 Å². The quantitative estimate of drug-likeness (QED) is 0.167. The summed E-state index contributed by atoms with van der Waals surface area (Å²) in [7, 11) is 0. The van der Waals surface area contributed by atoms with E-state index in [0.29, 0.717) is 0 Å². The Labute approximate surface area is 170 Å². The van der Waals surface area contributed by atoms with Crippen LogP contribution in [0.15, 0.2) is 0 Å². The molecule has 152 valence electrons. The number of hydrogen-bond donors (Lipinski definition) is 6. The van der Waals surface area contributed by atoms with Crippen LogP contribution in [0.5, 0.6) is 0 Å². The van der Waals surface area contributed by atoms with Crippen LogP contribution in [-0.4, -0.2) is 116 Å². The second kappa shape index (κ2) is 15.8. The van der Waals surface area contributed by atoms with Gasteiger partial charge in [0.15, 0.2) is 0 Å². The number of carbonyl (C=O) groups is 6. The van der Waals surface area contributed by atoms with Crippen molar-refractivity contribution in [1.82, 2.24) is 9.80 Å². The van der Waals surface area contributed by atoms with E-state index in [4.69, 9.17) is 30.6 Å². The molecule has 0 aliphatic heterocycles. The maximum absolute atomic E-state index is 10.1. The fraction of sp³-hybridized carbons (Fsp3) is 0.500. The Morgan fingerprint density at radius 3 is 0.593 bits per heavy atom. The number of carboxylic acids is 6. The van der Waals surface area contributed by atoms with Gasteiger partial charge >= 0.3 is 35.8 Å². The van der Waals surface area contributed by atoms with Crippen molar-refractivity contribution >= 4 is 35.8 Å². The maximum Gasteiger partial charge on any atom is 0.317 e. The summed E-state index contributed by atoms with van der Waals surface area (Å²) in [5.74, 6) is -7.57. The topological polar surface area (TPSA) is 230 Å². The minimum Gasteiger partial charge on any atom is -0.480 e. The number of nitrogens with zero attached hydrogens (tertiary/aromatic N) is 2. The summed E-state index contributed by atoms with van der Waals surface area (Å²) in [6.45, 7) is -3.59. The number of carboxylic acid groups (broad SMARTS) is 6. The van der Waals surface area contributed by atoms with Gasteiger partial charge in [-0.3, -0.25) is 38.6 Å². The van der Waals surface area contributed by atoms with Crippen LogP contribution >= 0.6 is 0 Å². The molecule has 0 aromatic rings. The first-order valence-corrected chi connectivity index (χ1v) is 6.59. The monoisotopic (exact) mass is 472 g/mol. The molecule has 0 heterocycles. The maximum atomic E-state index is 10.1. The van der Waals surface area contributed by atoms with E-state index in [2.05, 4.69) is 0 Å². The van der Waals surface area contributed by atoms with E-state index in [9.17, 15) is 28.8 Å². The van der Waals surface area contributed by atoms with Crippen LogP contribution in [0.25, 0.3) is 0 Å². The minimum absolute atomic E-state index is 0. The molecule has 0 bridgehead atoms. The van der Waals surface area contributed by atoms with Gasteiger partial charge in [-0.2, -0.15) is 0 Å². The van der Waals surface area contributed by atoms with Gasteiger partial charge in [0.1, 0.15) is 0 Å². The van der Waals surface area contributed by atoms with Gasteiger partial charge in [0.25, 0.3) is 0 Å². The summed E-state index contributed by atoms with van der Waals surface area (Å²) in [5.41, 5.74) is 0. The SMILES string of the molecule is O=C(O)CN(CC(=O)O)CC(=O)O.O=C(O)CN(CC(=O)O)CC(=O)O.[Zr]. The first kappa shape index (κ1) is 29.4. The molecule has 0 aromatic heterocycles. The molecule has 0 aromatic carbocycles. The Balaban J connectivity index is -0.000000411. The zero-order valence-electron chi connectivity index (χ0n) is 13.8. The molecular formula is C12H18N2O12Zr. The standard InChI is InChI=1S/2C6H9NO6.Zr/c2*8-4(9)1-7(2-5(10)11)3-6(12)13;/h2*1-3H2,(H,8,9)(H,10,11)(H,12,13);. The van der Waals surface area contributed by atoms with Crippen LogP contribution in [0.1, 0.15) is 0 Å². The van der Waals surface area contributed by atoms with Crippen molar-refractivity contribution in [2.45, 2.75) is 0 Å². The van der Waals surface area contributed by atoms with E-state index in [1.165, 1.54) is 0 Å². The molecule has 0 aliphatic carbocycles. The molecule has 0 saturated heterocycles. The average Bonchev–Trinajstić information content (AvgIpc) is 2.33. The van der Waals surface area contributed by atoms with Gasteiger partial charge in [-0.1, -0.05) is 0 Å². The third kappa shape index (κ3) is 23.6. The summed E-state index contributed by atoms with van der Waals surface area (Å²) in [4.78, 5) is 62.5. The predicted octanol–water partition coefficient (Wildman–Crippen LogP) is -2.92. The molecule has 27 heavy (non-hydrogen) atoms. The van der Waals surface area contributed by atoms with E-state index >= 15 is 0 Å². The molecule has 0 atom stereocenters. The number of aliphatic carboxylic acids is 6. The molecule has 0 aliphatic rings. The smallest absolute Gasteiger partial charge is 0.317 e. The van der Waals surface area contributed by atoms with Crippen molar-refractivity contribution in [3.05, 3.63) is 0 Å². The van der Waals surface area contributed by atoms with E-state index < -0.39 is 75.1 Å². The zero-order valence-corrected chi connectivity index (χ0v) is 16.2. The van der Waals surface area contributed by atoms with Gasteiger partial charge in [-0.05, 0) is 0 Å². The summed E-state index contributed by atoms with van der Waals surface area (Å²) >= 11 is 0. The van der Waals surface area contributed by atoms with Crippen LogP contribution < -0.4 is 0 Å². The van der Waals surface area contributed by atoms with Crippen LogP contribution in [0.3, 0.4) is 0 Å². The van der Waals surface area contributed by atoms with Gasteiger partial charge in [-0.15, -0.1) is 0 Å². The Morgan fingerprint density at radius 1 is 0.407 bits per heavy atom. The van der Waals surface area contributed by atoms with Gasteiger partial charge < -0.3 is 30.6 Å². The van der Waals surface area contributed by atoms with Gasteiger partial charge in [0.2, 0.25) is 0 Å². The van der Waals surface area contributed by atoms with Crippen molar-refractivity contribution in [1.29, 1.82) is 0 Å². The fourth-order valence-electron chi connectivity index (χ4n) is 1.48. The number of rotatable bonds is 12. The Kier molecular flexibility index (Phi) is 17.2. The molecule has 15 heteroatoms. The Morgan fingerprint density at radius 2 is 0.519 bits per heavy atom. The third-order valence-electron chi connectivity index (χ3n) is 2.15. The van der Waals surface area contributed by atoms with Crippen molar-refractivity contribution in [2.75, 3.05) is 39.3 Å². The summed E-state index contributed by atoms with van der Waals surface area (Å²) in [6, 6.07) is 0. The van der Waals surface area contributed by atoms with E-state index in [0.717, 1.165) is 9.80 Å². The normalized spacial score (nSPS) is 9.56. The molecule has 0 unspecified atom stereocenters. The van der Waals surface area contributed by atoms with Crippen LogP contribution in [-0.2, 0) is 55.0 Å². The van der Waals surface area contributed by atoms with Gasteiger partial charge in [0, 0.05) is 26.2 Å². The fourth-order valence-corrected chi connectivity index (χ4v) is 1.48. The van der Waals surface area contributed by atoms with Gasteiger partial charge in [0.05, 0.1) is 39.3 Å². The van der Waals surface area contributed by atoms with Gasteiger partial charge in [-0.25, -0.2) is 0 Å². The van der Waals surface area contributed by atoms with E-state index in [1.54, 1.807) is 0 Å². The minimum atomic E-state index is -1.26. The van der Waals surface area contributed by atoms with Crippen molar-refractivity contribution in [3.63, 3.8) is 0 Å². The van der Waals surface area contributed by atoms with Crippen LogP contribution in [0, 0.1) is 0 Å². The second-order valence-corrected chi connectivity index (χ2v) is 4.65. The molecular weight excluding hydrogens is 455 g/mol. The largest absolute Gasteiger partial charge is 0.480 e. The first-order valence-electron chi connectivity index (χ1n) is 6.59. The van der Waals surface area contributed by atoms with E-state index in [1.807, 2.05) is 0 Å². The van der Waals surface area contributed by atoms with E-state index in [-0.39, 0.29) is 26.2 Å². The summed E-state index contributed by atoms with van der Waals surface area (Å²) in [5, 5.41) is 49.7. The molecule has 0 fully saturated rings. The predicted molar refractivity (Wildman–Crippen MR) is 78.7 cm³/mol. The second-order valence-electron chi connectivity index (χ2n) is 4.65. The molecule has 0 spiro atoms. The molecule has 0 radical (unpaired) electrons. The van der Waals surface area contributed by atoms with Crippen molar-refractivity contribution < 1.29 is 85.6 Å². The van der Waals surface area contributed by atoms with Crippen LogP contribution in [0.4, 0.5) is 0 Å². The Bertz CT molecular complexity index is 428. The summed E-state index contributed by atoms with van der Waals surface area (Å²) < 4.78 is 0. The Hall–Kier alpha value is -2.38. The first-order chi connectivity index (χ1) is 11.8. The molecule has 14 nitrogen and oxygen atoms in total. The zero-order chi connectivity index (χ0) is 20.9. The number of hydrogen-bond acceptors (Lipinski definition) is 8. The molecule has 0 saturated carbocycles. The third-order valence-corrected chi connectivity index (χ3v) is 2.15. The molecule has 0 amide bonds. The van der Waals surface area contributed by atoms with Crippen molar-refractivity contribution in [2.24, 2.45) is 0 Å². The van der Waals surface area contributed by atoms with Crippen LogP contribution in [0.2, 0.25) is 0 Å². The molecule has 0 rings (SSSR count). The average molecular weight is 474 g/mol. The summed E-state index contributed by atoms with van der Waals surface area (Å²) in [6.07, 6.45) is 0.